The van der Waals surface area contributed by atoms with Crippen molar-refractivity contribution in [2.45, 2.75) is 13.8 Å². The third-order valence-electron chi connectivity index (χ3n) is 4.25. The summed E-state index contributed by atoms with van der Waals surface area (Å²) >= 11 is 12.5. The van der Waals surface area contributed by atoms with Gasteiger partial charge in [0.25, 0.3) is 5.91 Å². The number of anilines is 1. The number of nitrogens with one attached hydrogen (secondary N) is 1. The van der Waals surface area contributed by atoms with E-state index in [-0.39, 0.29) is 11.3 Å². The molecule has 0 saturated carbocycles. The summed E-state index contributed by atoms with van der Waals surface area (Å²) < 4.78 is 13.2. The summed E-state index contributed by atoms with van der Waals surface area (Å²) in [5, 5.41) is 14.1. The Labute approximate surface area is 166 Å². The van der Waals surface area contributed by atoms with E-state index in [1.807, 2.05) is 13.0 Å². The largest absolute Gasteiger partial charge is 0.506 e. The molecule has 3 aromatic rings. The van der Waals surface area contributed by atoms with E-state index in [4.69, 9.17) is 23.2 Å². The first-order valence-electron chi connectivity index (χ1n) is 8.13. The maximum Gasteiger partial charge on any atom is 0.259 e. The van der Waals surface area contributed by atoms with Crippen molar-refractivity contribution >= 4 is 34.8 Å². The average Bonchev–Trinajstić information content (AvgIpc) is 2.61. The number of carbonyl (C=O) groups excluding carboxylic acids is 1. The molecular weight excluding hydrogens is 388 g/mol. The molecule has 0 spiro atoms. The number of aryl methyl sites for hydroxylation is 1. The minimum atomic E-state index is -0.540. The highest BCUT2D eigenvalue weighted by Crippen LogP contribution is 2.38. The average molecular weight is 404 g/mol. The zero-order chi connectivity index (χ0) is 19.7. The van der Waals surface area contributed by atoms with Crippen molar-refractivity contribution in [3.63, 3.8) is 0 Å². The molecule has 0 aliphatic carbocycles. The minimum absolute atomic E-state index is 0.0402. The highest BCUT2D eigenvalue weighted by molar-refractivity contribution is 6.34. The third kappa shape index (κ3) is 3.92. The Bertz CT molecular complexity index is 1030. The Morgan fingerprint density at radius 3 is 2.30 bits per heavy atom. The van der Waals surface area contributed by atoms with Gasteiger partial charge in [0.05, 0.1) is 16.3 Å². The second-order valence-electron chi connectivity index (χ2n) is 6.20. The number of rotatable bonds is 3. The number of phenols is 1. The second-order valence-corrected chi connectivity index (χ2v) is 7.01. The Hall–Kier alpha value is -2.56. The number of benzene rings is 3. The van der Waals surface area contributed by atoms with Crippen LogP contribution in [0.25, 0.3) is 11.1 Å². The van der Waals surface area contributed by atoms with Gasteiger partial charge in [0, 0.05) is 10.6 Å². The molecule has 138 valence electrons. The minimum Gasteiger partial charge on any atom is -0.506 e. The summed E-state index contributed by atoms with van der Waals surface area (Å²) in [5.74, 6) is -1.17. The molecule has 0 aliphatic rings. The van der Waals surface area contributed by atoms with Gasteiger partial charge in [-0.15, -0.1) is 0 Å². The van der Waals surface area contributed by atoms with Gasteiger partial charge < -0.3 is 10.4 Å². The lowest BCUT2D eigenvalue weighted by Crippen LogP contribution is -2.14. The number of aromatic hydroxyl groups is 1. The fraction of sp³-hybridized carbons (Fsp3) is 0.0952. The number of amides is 1. The summed E-state index contributed by atoms with van der Waals surface area (Å²) in [4.78, 5) is 12.8. The van der Waals surface area contributed by atoms with Gasteiger partial charge in [-0.3, -0.25) is 4.79 Å². The molecule has 1 amide bonds. The molecule has 0 aliphatic heterocycles. The van der Waals surface area contributed by atoms with Crippen molar-refractivity contribution in [3.05, 3.63) is 81.1 Å². The van der Waals surface area contributed by atoms with Crippen LogP contribution in [0.15, 0.2) is 48.5 Å². The molecule has 27 heavy (non-hydrogen) atoms. The van der Waals surface area contributed by atoms with Gasteiger partial charge in [0.1, 0.15) is 11.6 Å². The van der Waals surface area contributed by atoms with Gasteiger partial charge >= 0.3 is 0 Å². The normalized spacial score (nSPS) is 10.7. The molecule has 0 radical (unpaired) electrons. The van der Waals surface area contributed by atoms with E-state index in [1.54, 1.807) is 25.1 Å². The first-order valence-corrected chi connectivity index (χ1v) is 8.89. The lowest BCUT2D eigenvalue weighted by Gasteiger charge is -2.15. The highest BCUT2D eigenvalue weighted by Gasteiger charge is 2.22. The maximum atomic E-state index is 13.2. The van der Waals surface area contributed by atoms with Crippen molar-refractivity contribution < 1.29 is 14.3 Å². The van der Waals surface area contributed by atoms with E-state index < -0.39 is 11.7 Å². The maximum absolute atomic E-state index is 13.2. The van der Waals surface area contributed by atoms with Crippen molar-refractivity contribution in [1.82, 2.24) is 0 Å². The van der Waals surface area contributed by atoms with E-state index in [0.717, 1.165) is 5.56 Å². The quantitative estimate of drug-likeness (QED) is 0.533. The summed E-state index contributed by atoms with van der Waals surface area (Å²) in [7, 11) is 0. The Balaban J connectivity index is 2.06. The van der Waals surface area contributed by atoms with Crippen LogP contribution in [0.5, 0.6) is 5.75 Å². The number of hydrogen-bond donors (Lipinski definition) is 2. The van der Waals surface area contributed by atoms with E-state index >= 15 is 0 Å². The zero-order valence-corrected chi connectivity index (χ0v) is 16.1. The van der Waals surface area contributed by atoms with Crippen LogP contribution in [0.2, 0.25) is 10.0 Å². The van der Waals surface area contributed by atoms with Gasteiger partial charge in [-0.2, -0.15) is 0 Å². The molecule has 0 saturated heterocycles. The van der Waals surface area contributed by atoms with Crippen molar-refractivity contribution in [2.24, 2.45) is 0 Å². The fourth-order valence-corrected chi connectivity index (χ4v) is 3.25. The first kappa shape index (κ1) is 19.2. The summed E-state index contributed by atoms with van der Waals surface area (Å²) in [6.45, 7) is 3.53. The van der Waals surface area contributed by atoms with Gasteiger partial charge in [-0.05, 0) is 60.9 Å². The Morgan fingerprint density at radius 1 is 1.00 bits per heavy atom. The Morgan fingerprint density at radius 2 is 1.67 bits per heavy atom. The Kier molecular flexibility index (Phi) is 5.40. The van der Waals surface area contributed by atoms with Crippen LogP contribution in [-0.2, 0) is 0 Å². The van der Waals surface area contributed by atoms with Crippen LogP contribution in [0.1, 0.15) is 21.5 Å². The predicted octanol–water partition coefficient (Wildman–Crippen LogP) is 6.37. The molecule has 0 unspecified atom stereocenters. The van der Waals surface area contributed by atoms with Gasteiger partial charge in [0.15, 0.2) is 0 Å². The van der Waals surface area contributed by atoms with Crippen LogP contribution in [-0.4, -0.2) is 11.0 Å². The van der Waals surface area contributed by atoms with Crippen LogP contribution in [0, 0.1) is 19.7 Å². The molecule has 3 rings (SSSR count). The second kappa shape index (κ2) is 7.59. The molecule has 0 heterocycles. The highest BCUT2D eigenvalue weighted by atomic mass is 35.5. The summed E-state index contributed by atoms with van der Waals surface area (Å²) in [5.41, 5.74) is 2.73. The smallest absolute Gasteiger partial charge is 0.259 e. The van der Waals surface area contributed by atoms with E-state index in [0.29, 0.717) is 32.4 Å². The standard InChI is InChI=1S/C21H16Cl2FNO2/c1-11-3-8-18(17(23)9-11)25-21(27)19-12(2)16(22)10-15(20(19)26)13-4-6-14(24)7-5-13/h3-10,26H,1-2H3,(H,25,27). The number of halogens is 3. The lowest BCUT2D eigenvalue weighted by atomic mass is 9.97. The molecule has 0 bridgehead atoms. The van der Waals surface area contributed by atoms with Crippen LogP contribution >= 0.6 is 23.2 Å². The first-order chi connectivity index (χ1) is 12.8. The molecule has 2 N–H and O–H groups in total. The van der Waals surface area contributed by atoms with Gasteiger partial charge in [0.2, 0.25) is 0 Å². The zero-order valence-electron chi connectivity index (χ0n) is 14.6. The number of phenolic OH excluding ortho intramolecular Hbond substituents is 1. The van der Waals surface area contributed by atoms with Crippen molar-refractivity contribution in [3.8, 4) is 16.9 Å². The topological polar surface area (TPSA) is 49.3 Å². The summed E-state index contributed by atoms with van der Waals surface area (Å²) in [6.07, 6.45) is 0. The van der Waals surface area contributed by atoms with E-state index in [1.165, 1.54) is 24.3 Å². The SMILES string of the molecule is Cc1ccc(NC(=O)c2c(C)c(Cl)cc(-c3ccc(F)cc3)c2O)c(Cl)c1. The predicted molar refractivity (Wildman–Crippen MR) is 107 cm³/mol. The fourth-order valence-electron chi connectivity index (χ4n) is 2.77. The lowest BCUT2D eigenvalue weighted by molar-refractivity contribution is 0.102. The molecular formula is C21H16Cl2FNO2. The number of carbonyl (C=O) groups is 1. The number of hydrogen-bond acceptors (Lipinski definition) is 2. The van der Waals surface area contributed by atoms with E-state index in [9.17, 15) is 14.3 Å². The molecule has 3 aromatic carbocycles. The molecule has 0 atom stereocenters. The van der Waals surface area contributed by atoms with Crippen LogP contribution < -0.4 is 5.32 Å². The molecule has 3 nitrogen and oxygen atoms in total. The van der Waals surface area contributed by atoms with Crippen molar-refractivity contribution in [2.75, 3.05) is 5.32 Å². The molecule has 6 heteroatoms. The van der Waals surface area contributed by atoms with Crippen molar-refractivity contribution in [1.29, 1.82) is 0 Å². The van der Waals surface area contributed by atoms with E-state index in [2.05, 4.69) is 5.32 Å². The van der Waals surface area contributed by atoms with Crippen LogP contribution in [0.4, 0.5) is 10.1 Å². The molecule has 0 fully saturated rings. The third-order valence-corrected chi connectivity index (χ3v) is 4.96. The van der Waals surface area contributed by atoms with Gasteiger partial charge in [-0.1, -0.05) is 41.4 Å². The van der Waals surface area contributed by atoms with Crippen LogP contribution in [0.3, 0.4) is 0 Å². The summed E-state index contributed by atoms with van der Waals surface area (Å²) in [6, 6.07) is 12.3. The monoisotopic (exact) mass is 403 g/mol. The van der Waals surface area contributed by atoms with Gasteiger partial charge in [-0.25, -0.2) is 4.39 Å². The molecule has 0 aromatic heterocycles.